The zero-order chi connectivity index (χ0) is 25.1. The molecule has 8 nitrogen and oxygen atoms in total. The molecule has 0 saturated carbocycles. The molecule has 2 N–H and O–H groups in total. The standard InChI is InChI=1S/C26H27N3O5S/c1-4-16(23(30)29(3)24-22(25(31)32)15(2)28-35-24)13-27-26(33)34-14-21-19-11-7-5-9-17(19)18-10-6-8-12-20(18)21/h5-12,16,21H,4,13-14H2,1-3H3,(H,27,33)(H,31,32). The molecule has 4 rings (SSSR count). The minimum Gasteiger partial charge on any atom is -0.478 e. The van der Waals surface area contributed by atoms with Gasteiger partial charge in [0.05, 0.1) is 11.6 Å². The third-order valence-electron chi connectivity index (χ3n) is 6.37. The van der Waals surface area contributed by atoms with Crippen molar-refractivity contribution in [3.05, 3.63) is 70.9 Å². The van der Waals surface area contributed by atoms with Gasteiger partial charge in [-0.3, -0.25) is 4.79 Å². The highest BCUT2D eigenvalue weighted by Crippen LogP contribution is 2.44. The monoisotopic (exact) mass is 493 g/mol. The molecule has 0 saturated heterocycles. The van der Waals surface area contributed by atoms with Gasteiger partial charge in [0.2, 0.25) is 5.91 Å². The molecule has 0 radical (unpaired) electrons. The van der Waals surface area contributed by atoms with E-state index in [9.17, 15) is 19.5 Å². The molecule has 1 aliphatic carbocycles. The zero-order valence-corrected chi connectivity index (χ0v) is 20.6. The van der Waals surface area contributed by atoms with E-state index in [2.05, 4.69) is 34.0 Å². The molecular formula is C26H27N3O5S. The van der Waals surface area contributed by atoms with Crippen molar-refractivity contribution < 1.29 is 24.2 Å². The summed E-state index contributed by atoms with van der Waals surface area (Å²) in [6, 6.07) is 16.2. The fourth-order valence-electron chi connectivity index (χ4n) is 4.47. The van der Waals surface area contributed by atoms with Crippen LogP contribution in [0, 0.1) is 12.8 Å². The molecule has 1 aliphatic rings. The number of rotatable bonds is 8. The van der Waals surface area contributed by atoms with Crippen LogP contribution in [-0.2, 0) is 9.53 Å². The summed E-state index contributed by atoms with van der Waals surface area (Å²) < 4.78 is 9.62. The number of hydrogen-bond acceptors (Lipinski definition) is 6. The Balaban J connectivity index is 1.37. The van der Waals surface area contributed by atoms with Gasteiger partial charge < -0.3 is 20.1 Å². The average Bonchev–Trinajstić information content (AvgIpc) is 3.40. The minimum atomic E-state index is -1.13. The van der Waals surface area contributed by atoms with Gasteiger partial charge in [-0.1, -0.05) is 55.5 Å². The van der Waals surface area contributed by atoms with Crippen molar-refractivity contribution in [1.29, 1.82) is 0 Å². The number of amides is 2. The topological polar surface area (TPSA) is 109 Å². The van der Waals surface area contributed by atoms with Crippen molar-refractivity contribution in [3.63, 3.8) is 0 Å². The fraction of sp³-hybridized carbons (Fsp3) is 0.308. The molecule has 0 bridgehead atoms. The smallest absolute Gasteiger partial charge is 0.407 e. The van der Waals surface area contributed by atoms with Crippen molar-refractivity contribution in [1.82, 2.24) is 9.69 Å². The highest BCUT2D eigenvalue weighted by atomic mass is 32.1. The van der Waals surface area contributed by atoms with Gasteiger partial charge in [0.15, 0.2) is 0 Å². The summed E-state index contributed by atoms with van der Waals surface area (Å²) in [5.41, 5.74) is 4.93. The first-order valence-corrected chi connectivity index (χ1v) is 12.2. The second kappa shape index (κ2) is 10.3. The lowest BCUT2D eigenvalue weighted by atomic mass is 9.98. The lowest BCUT2D eigenvalue weighted by Crippen LogP contribution is -2.40. The van der Waals surface area contributed by atoms with Crippen LogP contribution >= 0.6 is 11.5 Å². The Kier molecular flexibility index (Phi) is 7.16. The number of fused-ring (bicyclic) bond motifs is 3. The van der Waals surface area contributed by atoms with Gasteiger partial charge in [-0.05, 0) is 47.1 Å². The predicted octanol–water partition coefficient (Wildman–Crippen LogP) is 4.68. The van der Waals surface area contributed by atoms with E-state index in [0.29, 0.717) is 12.1 Å². The fourth-order valence-corrected chi connectivity index (χ4v) is 5.32. The maximum Gasteiger partial charge on any atom is 0.407 e. The van der Waals surface area contributed by atoms with Crippen LogP contribution in [0.4, 0.5) is 9.80 Å². The van der Waals surface area contributed by atoms with Crippen LogP contribution in [-0.4, -0.2) is 47.6 Å². The number of carbonyl (C=O) groups is 3. The highest BCUT2D eigenvalue weighted by molar-refractivity contribution is 7.11. The number of carbonyl (C=O) groups excluding carboxylic acids is 2. The Hall–Kier alpha value is -3.72. The number of aromatic carboxylic acids is 1. The van der Waals surface area contributed by atoms with E-state index in [-0.39, 0.29) is 35.5 Å². The first kappa shape index (κ1) is 24.4. The summed E-state index contributed by atoms with van der Waals surface area (Å²) in [7, 11) is 1.53. The molecule has 2 amide bonds. The molecule has 182 valence electrons. The molecule has 1 aromatic heterocycles. The number of aromatic nitrogens is 1. The number of aryl methyl sites for hydroxylation is 1. The summed E-state index contributed by atoms with van der Waals surface area (Å²) in [5.74, 6) is -2.01. The Morgan fingerprint density at radius 1 is 1.11 bits per heavy atom. The molecule has 2 aromatic carbocycles. The lowest BCUT2D eigenvalue weighted by molar-refractivity contribution is -0.122. The van der Waals surface area contributed by atoms with Crippen molar-refractivity contribution in [2.75, 3.05) is 25.1 Å². The van der Waals surface area contributed by atoms with Crippen LogP contribution in [0.2, 0.25) is 0 Å². The Morgan fingerprint density at radius 3 is 2.29 bits per heavy atom. The normalized spacial score (nSPS) is 13.0. The van der Waals surface area contributed by atoms with Crippen LogP contribution in [0.3, 0.4) is 0 Å². The van der Waals surface area contributed by atoms with Crippen LogP contribution < -0.4 is 10.2 Å². The van der Waals surface area contributed by atoms with Gasteiger partial charge in [-0.15, -0.1) is 0 Å². The number of carboxylic acid groups (broad SMARTS) is 1. The van der Waals surface area contributed by atoms with Crippen LogP contribution in [0.15, 0.2) is 48.5 Å². The van der Waals surface area contributed by atoms with E-state index in [0.717, 1.165) is 33.8 Å². The second-order valence-corrected chi connectivity index (χ2v) is 9.21. The summed E-state index contributed by atoms with van der Waals surface area (Å²) in [6.07, 6.45) is -0.131. The van der Waals surface area contributed by atoms with E-state index < -0.39 is 18.0 Å². The number of nitrogens with one attached hydrogen (secondary N) is 1. The number of anilines is 1. The minimum absolute atomic E-state index is 0.0187. The Bertz CT molecular complexity index is 1230. The second-order valence-electron chi connectivity index (χ2n) is 8.46. The third-order valence-corrected chi connectivity index (χ3v) is 7.39. The van der Waals surface area contributed by atoms with E-state index in [4.69, 9.17) is 4.74 Å². The largest absolute Gasteiger partial charge is 0.478 e. The van der Waals surface area contributed by atoms with Gasteiger partial charge in [0.25, 0.3) is 0 Å². The Labute approximate surface area is 207 Å². The van der Waals surface area contributed by atoms with Gasteiger partial charge in [-0.2, -0.15) is 4.37 Å². The molecule has 1 unspecified atom stereocenters. The molecule has 0 aliphatic heterocycles. The van der Waals surface area contributed by atoms with E-state index >= 15 is 0 Å². The van der Waals surface area contributed by atoms with Gasteiger partial charge >= 0.3 is 12.1 Å². The average molecular weight is 494 g/mol. The first-order valence-electron chi connectivity index (χ1n) is 11.4. The zero-order valence-electron chi connectivity index (χ0n) is 19.8. The molecule has 0 fully saturated rings. The molecular weight excluding hydrogens is 466 g/mol. The molecule has 35 heavy (non-hydrogen) atoms. The Morgan fingerprint density at radius 2 is 1.71 bits per heavy atom. The molecule has 1 heterocycles. The van der Waals surface area contributed by atoms with Gasteiger partial charge in [0, 0.05) is 19.5 Å². The van der Waals surface area contributed by atoms with Crippen LogP contribution in [0.1, 0.15) is 46.4 Å². The maximum absolute atomic E-state index is 13.0. The van der Waals surface area contributed by atoms with E-state index in [1.54, 1.807) is 6.92 Å². The highest BCUT2D eigenvalue weighted by Gasteiger charge is 2.30. The van der Waals surface area contributed by atoms with E-state index in [1.807, 2.05) is 31.2 Å². The van der Waals surface area contributed by atoms with Crippen LogP contribution in [0.25, 0.3) is 11.1 Å². The van der Waals surface area contributed by atoms with Gasteiger partial charge in [-0.25, -0.2) is 9.59 Å². The number of alkyl carbamates (subject to hydrolysis) is 1. The number of benzene rings is 2. The summed E-state index contributed by atoms with van der Waals surface area (Å²) in [5, 5.41) is 12.4. The van der Waals surface area contributed by atoms with Crippen molar-refractivity contribution in [2.45, 2.75) is 26.2 Å². The maximum atomic E-state index is 13.0. The number of ether oxygens (including phenoxy) is 1. The predicted molar refractivity (Wildman–Crippen MR) is 134 cm³/mol. The van der Waals surface area contributed by atoms with Crippen molar-refractivity contribution >= 4 is 34.5 Å². The molecule has 1 atom stereocenters. The van der Waals surface area contributed by atoms with Gasteiger partial charge in [0.1, 0.15) is 17.2 Å². The summed E-state index contributed by atoms with van der Waals surface area (Å²) in [4.78, 5) is 38.4. The number of hydrogen-bond donors (Lipinski definition) is 2. The third kappa shape index (κ3) is 4.77. The first-order chi connectivity index (χ1) is 16.8. The molecule has 0 spiro atoms. The van der Waals surface area contributed by atoms with Crippen molar-refractivity contribution in [2.24, 2.45) is 5.92 Å². The molecule has 3 aromatic rings. The number of carboxylic acids is 1. The SMILES string of the molecule is CCC(CNC(=O)OCC1c2ccccc2-c2ccccc21)C(=O)N(C)c1snc(C)c1C(=O)O. The number of nitrogens with zero attached hydrogens (tertiary/aromatic N) is 2. The summed E-state index contributed by atoms with van der Waals surface area (Å²) in [6.45, 7) is 3.70. The lowest BCUT2D eigenvalue weighted by Gasteiger charge is -2.22. The van der Waals surface area contributed by atoms with E-state index in [1.165, 1.54) is 11.9 Å². The quantitative estimate of drug-likeness (QED) is 0.472. The molecule has 9 heteroatoms. The van der Waals surface area contributed by atoms with Crippen LogP contribution in [0.5, 0.6) is 0 Å². The summed E-state index contributed by atoms with van der Waals surface area (Å²) >= 11 is 0.967. The van der Waals surface area contributed by atoms with Crippen molar-refractivity contribution in [3.8, 4) is 11.1 Å².